The van der Waals surface area contributed by atoms with Gasteiger partial charge in [0.25, 0.3) is 0 Å². The topological polar surface area (TPSA) is 94.5 Å². The zero-order valence-corrected chi connectivity index (χ0v) is 17.8. The predicted octanol–water partition coefficient (Wildman–Crippen LogP) is -0.669. The maximum Gasteiger partial charge on any atom is 0.332 e. The van der Waals surface area contributed by atoms with Crippen molar-refractivity contribution in [3.63, 3.8) is 0 Å². The van der Waals surface area contributed by atoms with Crippen LogP contribution < -0.4 is 15.1 Å². The Morgan fingerprint density at radius 2 is 1.87 bits per heavy atom. The maximum absolute atomic E-state index is 13.5. The predicted molar refractivity (Wildman–Crippen MR) is 110 cm³/mol. The van der Waals surface area contributed by atoms with E-state index in [2.05, 4.69) is 17.1 Å². The summed E-state index contributed by atoms with van der Waals surface area (Å²) >= 11 is 0. The van der Waals surface area contributed by atoms with E-state index in [0.29, 0.717) is 18.8 Å². The number of piperazine rings is 1. The van der Waals surface area contributed by atoms with Crippen LogP contribution in [0.2, 0.25) is 0 Å². The molecule has 9 nitrogen and oxygen atoms in total. The van der Waals surface area contributed by atoms with Gasteiger partial charge >= 0.3 is 6.03 Å². The van der Waals surface area contributed by atoms with E-state index in [9.17, 15) is 19.2 Å². The Balaban J connectivity index is 1.87. The van der Waals surface area contributed by atoms with Crippen molar-refractivity contribution in [3.8, 4) is 0 Å². The molecule has 2 saturated heterocycles. The molecule has 9 heteroatoms. The lowest BCUT2D eigenvalue weighted by Crippen LogP contribution is -3.16. The summed E-state index contributed by atoms with van der Waals surface area (Å²) in [7, 11) is 2.88. The molecule has 1 spiro atoms. The second-order valence-electron chi connectivity index (χ2n) is 8.45. The third-order valence-corrected chi connectivity index (χ3v) is 6.76. The molecule has 0 aliphatic carbocycles. The lowest BCUT2D eigenvalue weighted by Gasteiger charge is -2.54. The number of quaternary nitrogens is 1. The molecule has 3 aliphatic rings. The number of nitrogens with zero attached hydrogens (tertiary/aromatic N) is 3. The number of nitrogens with one attached hydrogen (secondary N) is 2. The van der Waals surface area contributed by atoms with Gasteiger partial charge in [0.05, 0.1) is 26.2 Å². The lowest BCUT2D eigenvalue weighted by atomic mass is 9.67. The Hall–Kier alpha value is -2.94. The number of amides is 5. The van der Waals surface area contributed by atoms with Gasteiger partial charge in [-0.3, -0.25) is 24.2 Å². The minimum absolute atomic E-state index is 0.187. The Morgan fingerprint density at radius 1 is 1.20 bits per heavy atom. The molecule has 1 unspecified atom stereocenters. The van der Waals surface area contributed by atoms with E-state index in [1.54, 1.807) is 0 Å². The average Bonchev–Trinajstić information content (AvgIpc) is 2.74. The molecule has 5 amide bonds. The van der Waals surface area contributed by atoms with Crippen LogP contribution in [-0.4, -0.2) is 79.9 Å². The largest absolute Gasteiger partial charge is 0.355 e. The van der Waals surface area contributed by atoms with E-state index in [0.717, 1.165) is 34.1 Å². The standard InChI is InChI=1S/C21H27N5O4/c1-5-25-8-9-26-16-7-6-15(22-13(2)27)10-14(16)11-21(17(26)12-25)18(28)23(3)20(30)24(4)19(21)29/h6-7,10,17H,5,8-9,11-12H2,1-4H3,(H,22,27)/p+1/t17-/m0/s1. The second kappa shape index (κ2) is 7.09. The van der Waals surface area contributed by atoms with Crippen molar-refractivity contribution < 1.29 is 24.1 Å². The molecule has 2 fully saturated rings. The highest BCUT2D eigenvalue weighted by molar-refractivity contribution is 6.20. The minimum Gasteiger partial charge on any atom is -0.355 e. The summed E-state index contributed by atoms with van der Waals surface area (Å²) in [5.41, 5.74) is 1.08. The van der Waals surface area contributed by atoms with Gasteiger partial charge in [0.1, 0.15) is 6.04 Å². The SMILES string of the molecule is CC[NH+]1CCN2c3ccc(NC(C)=O)cc3CC3(C(=O)N(C)C(=O)N(C)C3=O)[C@@H]2C1. The van der Waals surface area contributed by atoms with Gasteiger partial charge in [-0.25, -0.2) is 4.79 Å². The second-order valence-corrected chi connectivity index (χ2v) is 8.45. The van der Waals surface area contributed by atoms with Gasteiger partial charge in [0.15, 0.2) is 5.41 Å². The molecule has 0 radical (unpaired) electrons. The van der Waals surface area contributed by atoms with E-state index in [-0.39, 0.29) is 18.4 Å². The number of carbonyl (C=O) groups excluding carboxylic acids is 4. The van der Waals surface area contributed by atoms with Crippen LogP contribution in [0.15, 0.2) is 18.2 Å². The molecule has 1 aromatic carbocycles. The highest BCUT2D eigenvalue weighted by Crippen LogP contribution is 2.46. The number of hydrogen-bond acceptors (Lipinski definition) is 5. The monoisotopic (exact) mass is 414 g/mol. The molecule has 2 atom stereocenters. The summed E-state index contributed by atoms with van der Waals surface area (Å²) in [6.45, 7) is 6.71. The number of urea groups is 1. The molecule has 0 bridgehead atoms. The van der Waals surface area contributed by atoms with Crippen LogP contribution >= 0.6 is 0 Å². The smallest absolute Gasteiger partial charge is 0.332 e. The van der Waals surface area contributed by atoms with Gasteiger partial charge in [-0.05, 0) is 30.7 Å². The van der Waals surface area contributed by atoms with E-state index >= 15 is 0 Å². The van der Waals surface area contributed by atoms with Gasteiger partial charge in [0, 0.05) is 38.8 Å². The molecule has 3 heterocycles. The van der Waals surface area contributed by atoms with Gasteiger partial charge in [-0.15, -0.1) is 0 Å². The van der Waals surface area contributed by atoms with Crippen LogP contribution in [0.25, 0.3) is 0 Å². The molecule has 3 aliphatic heterocycles. The van der Waals surface area contributed by atoms with E-state index in [4.69, 9.17) is 0 Å². The summed E-state index contributed by atoms with van der Waals surface area (Å²) in [6, 6.07) is 4.70. The summed E-state index contributed by atoms with van der Waals surface area (Å²) in [6.07, 6.45) is 0.202. The van der Waals surface area contributed by atoms with Crippen LogP contribution in [0.5, 0.6) is 0 Å². The zero-order valence-electron chi connectivity index (χ0n) is 17.8. The maximum atomic E-state index is 13.5. The average molecular weight is 414 g/mol. The Labute approximate surface area is 175 Å². The van der Waals surface area contributed by atoms with Crippen LogP contribution in [0.3, 0.4) is 0 Å². The zero-order chi connectivity index (χ0) is 21.8. The summed E-state index contributed by atoms with van der Waals surface area (Å²) in [5, 5.41) is 2.78. The van der Waals surface area contributed by atoms with Crippen molar-refractivity contribution in [2.75, 3.05) is 50.5 Å². The lowest BCUT2D eigenvalue weighted by molar-refractivity contribution is -0.902. The quantitative estimate of drug-likeness (QED) is 0.626. The molecular formula is C21H28N5O4+. The first-order valence-corrected chi connectivity index (χ1v) is 10.3. The highest BCUT2D eigenvalue weighted by atomic mass is 16.2. The summed E-state index contributed by atoms with van der Waals surface area (Å²) in [4.78, 5) is 56.6. The van der Waals surface area contributed by atoms with Gasteiger partial charge in [-0.1, -0.05) is 0 Å². The Bertz CT molecular complexity index is 921. The Kier molecular flexibility index (Phi) is 4.80. The van der Waals surface area contributed by atoms with Gasteiger partial charge < -0.3 is 15.1 Å². The van der Waals surface area contributed by atoms with Crippen molar-refractivity contribution in [3.05, 3.63) is 23.8 Å². The molecule has 0 aromatic heterocycles. The fraction of sp³-hybridized carbons (Fsp3) is 0.524. The molecule has 30 heavy (non-hydrogen) atoms. The van der Waals surface area contributed by atoms with E-state index in [1.807, 2.05) is 18.2 Å². The van der Waals surface area contributed by atoms with Crippen molar-refractivity contribution in [2.45, 2.75) is 26.3 Å². The van der Waals surface area contributed by atoms with E-state index in [1.165, 1.54) is 25.9 Å². The fourth-order valence-corrected chi connectivity index (χ4v) is 5.20. The fourth-order valence-electron chi connectivity index (χ4n) is 5.20. The Morgan fingerprint density at radius 3 is 2.47 bits per heavy atom. The minimum atomic E-state index is -1.36. The van der Waals surface area contributed by atoms with Gasteiger partial charge in [0.2, 0.25) is 17.7 Å². The number of hydrogen-bond donors (Lipinski definition) is 2. The van der Waals surface area contributed by atoms with Crippen molar-refractivity contribution >= 4 is 35.1 Å². The number of fused-ring (bicyclic) bond motifs is 4. The molecule has 1 aromatic rings. The number of benzene rings is 1. The molecular weight excluding hydrogens is 386 g/mol. The number of anilines is 2. The number of carbonyl (C=O) groups is 4. The first kappa shape index (κ1) is 20.3. The van der Waals surface area contributed by atoms with Crippen LogP contribution in [-0.2, 0) is 20.8 Å². The summed E-state index contributed by atoms with van der Waals surface area (Å²) < 4.78 is 0. The number of likely N-dealkylation sites (N-methyl/N-ethyl adjacent to an activating group) is 1. The highest BCUT2D eigenvalue weighted by Gasteiger charge is 2.64. The van der Waals surface area contributed by atoms with E-state index < -0.39 is 23.3 Å². The molecule has 4 rings (SSSR count). The molecule has 0 saturated carbocycles. The van der Waals surface area contributed by atoms with Crippen LogP contribution in [0.4, 0.5) is 16.2 Å². The molecule has 160 valence electrons. The first-order valence-electron chi connectivity index (χ1n) is 10.3. The third kappa shape index (κ3) is 2.79. The van der Waals surface area contributed by atoms with Crippen molar-refractivity contribution in [2.24, 2.45) is 5.41 Å². The normalized spacial score (nSPS) is 25.3. The first-order chi connectivity index (χ1) is 14.2. The number of imide groups is 2. The third-order valence-electron chi connectivity index (χ3n) is 6.76. The van der Waals surface area contributed by atoms with Crippen LogP contribution in [0, 0.1) is 5.41 Å². The van der Waals surface area contributed by atoms with Crippen molar-refractivity contribution in [1.82, 2.24) is 9.80 Å². The summed E-state index contributed by atoms with van der Waals surface area (Å²) in [5.74, 6) is -1.08. The van der Waals surface area contributed by atoms with Crippen LogP contribution in [0.1, 0.15) is 19.4 Å². The number of rotatable bonds is 2. The van der Waals surface area contributed by atoms with Gasteiger partial charge in [-0.2, -0.15) is 0 Å². The number of barbiturate groups is 1. The molecule has 2 N–H and O–H groups in total. The van der Waals surface area contributed by atoms with Crippen molar-refractivity contribution in [1.29, 1.82) is 0 Å².